The number of hydrogen-bond acceptors (Lipinski definition) is 2. The first kappa shape index (κ1) is 11.4. The molecule has 0 radical (unpaired) electrons. The molecule has 1 aromatic carbocycles. The lowest BCUT2D eigenvalue weighted by Gasteiger charge is -2.03. The van der Waals surface area contributed by atoms with Crippen LogP contribution in [0.5, 0.6) is 0 Å². The van der Waals surface area contributed by atoms with Gasteiger partial charge in [0.1, 0.15) is 17.5 Å². The normalized spacial score (nSPS) is 10.5. The Bertz CT molecular complexity index is 608. The Morgan fingerprint density at radius 2 is 2.06 bits per heavy atom. The Balaban J connectivity index is 2.34. The van der Waals surface area contributed by atoms with Gasteiger partial charge in [0.25, 0.3) is 5.56 Å². The Morgan fingerprint density at radius 1 is 1.29 bits per heavy atom. The van der Waals surface area contributed by atoms with Gasteiger partial charge in [0.05, 0.1) is 0 Å². The van der Waals surface area contributed by atoms with Crippen LogP contribution in [0.4, 0.5) is 8.78 Å². The molecule has 1 heterocycles. The molecule has 0 aliphatic rings. The fourth-order valence-corrected chi connectivity index (χ4v) is 1.57. The minimum Gasteiger partial charge on any atom is -0.310 e. The summed E-state index contributed by atoms with van der Waals surface area (Å²) in [6.45, 7) is 1.68. The van der Waals surface area contributed by atoms with Crippen LogP contribution in [-0.2, 0) is 6.42 Å². The van der Waals surface area contributed by atoms with Gasteiger partial charge in [-0.2, -0.15) is 0 Å². The predicted molar refractivity (Wildman–Crippen MR) is 58.8 cm³/mol. The lowest BCUT2D eigenvalue weighted by molar-refractivity contribution is 0.573. The maximum atomic E-state index is 13.4. The van der Waals surface area contributed by atoms with Gasteiger partial charge in [0.2, 0.25) is 0 Å². The molecule has 0 unspecified atom stereocenters. The van der Waals surface area contributed by atoms with Crippen LogP contribution in [0, 0.1) is 18.6 Å². The molecular weight excluding hydrogens is 226 g/mol. The fourth-order valence-electron chi connectivity index (χ4n) is 1.57. The van der Waals surface area contributed by atoms with Crippen LogP contribution >= 0.6 is 0 Å². The number of H-pyrrole nitrogens is 1. The predicted octanol–water partition coefficient (Wildman–Crippen LogP) is 1.95. The van der Waals surface area contributed by atoms with Gasteiger partial charge in [-0.05, 0) is 18.6 Å². The van der Waals surface area contributed by atoms with E-state index in [1.807, 2.05) is 0 Å². The molecule has 1 N–H and O–H groups in total. The van der Waals surface area contributed by atoms with E-state index in [9.17, 15) is 13.6 Å². The Labute approximate surface area is 96.2 Å². The van der Waals surface area contributed by atoms with Crippen LogP contribution in [-0.4, -0.2) is 9.97 Å². The van der Waals surface area contributed by atoms with Gasteiger partial charge in [-0.1, -0.05) is 6.07 Å². The zero-order valence-corrected chi connectivity index (χ0v) is 9.13. The summed E-state index contributed by atoms with van der Waals surface area (Å²) in [7, 11) is 0. The maximum absolute atomic E-state index is 13.4. The summed E-state index contributed by atoms with van der Waals surface area (Å²) in [6, 6.07) is 4.67. The zero-order chi connectivity index (χ0) is 12.4. The van der Waals surface area contributed by atoms with Crippen LogP contribution < -0.4 is 5.56 Å². The van der Waals surface area contributed by atoms with Gasteiger partial charge in [0, 0.05) is 24.2 Å². The molecule has 2 aromatic rings. The molecule has 88 valence electrons. The number of halogens is 2. The van der Waals surface area contributed by atoms with Crippen molar-refractivity contribution >= 4 is 0 Å². The number of hydrogen-bond donors (Lipinski definition) is 1. The van der Waals surface area contributed by atoms with Crippen molar-refractivity contribution in [3.05, 3.63) is 63.3 Å². The molecule has 0 bridgehead atoms. The average Bonchev–Trinajstić information content (AvgIpc) is 2.21. The van der Waals surface area contributed by atoms with Crippen molar-refractivity contribution in [3.63, 3.8) is 0 Å². The highest BCUT2D eigenvalue weighted by molar-refractivity contribution is 5.22. The number of nitrogens with one attached hydrogen (secondary N) is 1. The van der Waals surface area contributed by atoms with Gasteiger partial charge in [-0.3, -0.25) is 4.79 Å². The molecule has 0 saturated carbocycles. The molecule has 1 aromatic heterocycles. The van der Waals surface area contributed by atoms with Gasteiger partial charge in [0.15, 0.2) is 0 Å². The summed E-state index contributed by atoms with van der Waals surface area (Å²) >= 11 is 0. The van der Waals surface area contributed by atoms with Crippen LogP contribution in [0.25, 0.3) is 0 Å². The molecule has 2 rings (SSSR count). The van der Waals surface area contributed by atoms with Gasteiger partial charge < -0.3 is 4.98 Å². The van der Waals surface area contributed by atoms with Crippen molar-refractivity contribution < 1.29 is 8.78 Å². The molecule has 0 spiro atoms. The Hall–Kier alpha value is -2.04. The van der Waals surface area contributed by atoms with Crippen molar-refractivity contribution in [2.45, 2.75) is 13.3 Å². The maximum Gasteiger partial charge on any atom is 0.251 e. The fraction of sp³-hybridized carbons (Fsp3) is 0.167. The van der Waals surface area contributed by atoms with Crippen molar-refractivity contribution in [1.29, 1.82) is 0 Å². The highest BCUT2D eigenvalue weighted by atomic mass is 19.1. The number of aryl methyl sites for hydroxylation is 1. The monoisotopic (exact) mass is 236 g/mol. The average molecular weight is 236 g/mol. The quantitative estimate of drug-likeness (QED) is 0.866. The summed E-state index contributed by atoms with van der Waals surface area (Å²) in [6.07, 6.45) is 0.128. The molecule has 3 nitrogen and oxygen atoms in total. The second-order valence-electron chi connectivity index (χ2n) is 3.75. The van der Waals surface area contributed by atoms with Crippen molar-refractivity contribution in [1.82, 2.24) is 9.97 Å². The molecular formula is C12H10F2N2O. The number of aromatic nitrogens is 2. The lowest BCUT2D eigenvalue weighted by atomic mass is 10.1. The summed E-state index contributed by atoms with van der Waals surface area (Å²) in [4.78, 5) is 17.8. The molecule has 0 saturated heterocycles. The molecule has 0 aliphatic carbocycles. The topological polar surface area (TPSA) is 45.8 Å². The minimum atomic E-state index is -0.644. The molecule has 0 atom stereocenters. The molecule has 17 heavy (non-hydrogen) atoms. The molecule has 0 amide bonds. The first-order valence-corrected chi connectivity index (χ1v) is 5.05. The minimum absolute atomic E-state index is 0.128. The number of rotatable bonds is 2. The standard InChI is InChI=1S/C12H10F2N2O/c1-7-4-12(17)16-11(15-7)5-8-2-3-9(13)6-10(8)14/h2-4,6H,5H2,1H3,(H,15,16,17). The summed E-state index contributed by atoms with van der Waals surface area (Å²) in [5.41, 5.74) is 0.571. The van der Waals surface area contributed by atoms with E-state index in [1.165, 1.54) is 18.2 Å². The zero-order valence-electron chi connectivity index (χ0n) is 9.13. The second-order valence-corrected chi connectivity index (χ2v) is 3.75. The SMILES string of the molecule is Cc1cc(=O)[nH]c(Cc2ccc(F)cc2F)n1. The van der Waals surface area contributed by atoms with E-state index in [1.54, 1.807) is 6.92 Å². The van der Waals surface area contributed by atoms with E-state index in [0.717, 1.165) is 6.07 Å². The van der Waals surface area contributed by atoms with E-state index in [2.05, 4.69) is 9.97 Å². The second kappa shape index (κ2) is 4.45. The van der Waals surface area contributed by atoms with Gasteiger partial charge in [-0.25, -0.2) is 13.8 Å². The number of nitrogens with zero attached hydrogens (tertiary/aromatic N) is 1. The van der Waals surface area contributed by atoms with E-state index in [4.69, 9.17) is 0 Å². The first-order valence-electron chi connectivity index (χ1n) is 5.05. The summed E-state index contributed by atoms with van der Waals surface area (Å²) in [5.74, 6) is -0.911. The van der Waals surface area contributed by atoms with E-state index in [0.29, 0.717) is 17.1 Å². The van der Waals surface area contributed by atoms with Crippen molar-refractivity contribution in [2.75, 3.05) is 0 Å². The number of aromatic amines is 1. The van der Waals surface area contributed by atoms with Crippen molar-refractivity contribution in [3.8, 4) is 0 Å². The van der Waals surface area contributed by atoms with E-state index >= 15 is 0 Å². The first-order chi connectivity index (χ1) is 8.04. The van der Waals surface area contributed by atoms with Gasteiger partial charge >= 0.3 is 0 Å². The molecule has 0 aliphatic heterocycles. The summed E-state index contributed by atoms with van der Waals surface area (Å²) < 4.78 is 26.1. The van der Waals surface area contributed by atoms with Gasteiger partial charge in [-0.15, -0.1) is 0 Å². The highest BCUT2D eigenvalue weighted by Crippen LogP contribution is 2.12. The number of benzene rings is 1. The van der Waals surface area contributed by atoms with Crippen LogP contribution in [0.2, 0.25) is 0 Å². The third-order valence-corrected chi connectivity index (χ3v) is 2.29. The molecule has 0 fully saturated rings. The Morgan fingerprint density at radius 3 is 2.71 bits per heavy atom. The van der Waals surface area contributed by atoms with E-state index < -0.39 is 11.6 Å². The lowest BCUT2D eigenvalue weighted by Crippen LogP contribution is -2.12. The summed E-state index contributed by atoms with van der Waals surface area (Å²) in [5, 5.41) is 0. The smallest absolute Gasteiger partial charge is 0.251 e. The third-order valence-electron chi connectivity index (χ3n) is 2.29. The highest BCUT2D eigenvalue weighted by Gasteiger charge is 2.06. The van der Waals surface area contributed by atoms with Crippen molar-refractivity contribution in [2.24, 2.45) is 0 Å². The Kier molecular flexibility index (Phi) is 2.99. The van der Waals surface area contributed by atoms with Crippen LogP contribution in [0.15, 0.2) is 29.1 Å². The van der Waals surface area contributed by atoms with E-state index in [-0.39, 0.29) is 12.0 Å². The van der Waals surface area contributed by atoms with Crippen LogP contribution in [0.3, 0.4) is 0 Å². The third kappa shape index (κ3) is 2.75. The van der Waals surface area contributed by atoms with Crippen LogP contribution in [0.1, 0.15) is 17.1 Å². The largest absolute Gasteiger partial charge is 0.310 e. The molecule has 5 heteroatoms.